The third kappa shape index (κ3) is 25.3. The SMILES string of the molecule is CCCCC/C=C\CC/C=C/C=C\C/C=C\CCCC(=O)O.CO. The Hall–Kier alpha value is -1.61. The number of carboxylic acids is 1. The fourth-order valence-electron chi connectivity index (χ4n) is 1.94. The molecule has 0 aromatic rings. The van der Waals surface area contributed by atoms with Crippen molar-refractivity contribution in [2.24, 2.45) is 0 Å². The van der Waals surface area contributed by atoms with Crippen molar-refractivity contribution >= 4 is 5.97 Å². The third-order valence-electron chi connectivity index (χ3n) is 3.22. The number of aliphatic hydroxyl groups is 1. The summed E-state index contributed by atoms with van der Waals surface area (Å²) in [7, 11) is 1.00. The Kier molecular flexibility index (Phi) is 24.3. The van der Waals surface area contributed by atoms with E-state index in [2.05, 4.69) is 55.5 Å². The van der Waals surface area contributed by atoms with Crippen LogP contribution in [0, 0.1) is 0 Å². The van der Waals surface area contributed by atoms with E-state index in [0.717, 1.165) is 39.2 Å². The number of hydrogen-bond donors (Lipinski definition) is 2. The Morgan fingerprint density at radius 2 is 1.33 bits per heavy atom. The van der Waals surface area contributed by atoms with Crippen molar-refractivity contribution in [2.45, 2.75) is 71.1 Å². The highest BCUT2D eigenvalue weighted by molar-refractivity contribution is 5.66. The second-order valence-corrected chi connectivity index (χ2v) is 5.39. The van der Waals surface area contributed by atoms with Crippen LogP contribution >= 0.6 is 0 Å². The number of carbonyl (C=O) groups is 1. The molecule has 0 aliphatic carbocycles. The number of unbranched alkanes of at least 4 members (excludes halogenated alkanes) is 5. The van der Waals surface area contributed by atoms with Crippen molar-refractivity contribution in [3.8, 4) is 0 Å². The first-order valence-corrected chi connectivity index (χ1v) is 9.05. The van der Waals surface area contributed by atoms with E-state index in [1.807, 2.05) is 0 Å². The minimum Gasteiger partial charge on any atom is -0.481 e. The van der Waals surface area contributed by atoms with Crippen molar-refractivity contribution in [3.05, 3.63) is 48.6 Å². The second-order valence-electron chi connectivity index (χ2n) is 5.39. The van der Waals surface area contributed by atoms with Gasteiger partial charge in [-0.25, -0.2) is 0 Å². The average Bonchev–Trinajstić information content (AvgIpc) is 2.59. The molecule has 0 aromatic heterocycles. The molecular weight excluding hydrogens is 300 g/mol. The third-order valence-corrected chi connectivity index (χ3v) is 3.22. The fraction of sp³-hybridized carbons (Fsp3) is 0.571. The summed E-state index contributed by atoms with van der Waals surface area (Å²) in [4.78, 5) is 10.3. The highest BCUT2D eigenvalue weighted by Crippen LogP contribution is 2.02. The molecule has 3 nitrogen and oxygen atoms in total. The fourth-order valence-corrected chi connectivity index (χ4v) is 1.94. The van der Waals surface area contributed by atoms with Crippen molar-refractivity contribution in [1.82, 2.24) is 0 Å². The second kappa shape index (κ2) is 23.7. The average molecular weight is 337 g/mol. The van der Waals surface area contributed by atoms with Crippen molar-refractivity contribution in [3.63, 3.8) is 0 Å². The maximum atomic E-state index is 10.3. The molecule has 0 atom stereocenters. The zero-order valence-corrected chi connectivity index (χ0v) is 15.5. The minimum atomic E-state index is -0.714. The summed E-state index contributed by atoms with van der Waals surface area (Å²) in [6, 6.07) is 0. The van der Waals surface area contributed by atoms with Gasteiger partial charge in [-0.2, -0.15) is 0 Å². The molecule has 138 valence electrons. The minimum absolute atomic E-state index is 0.260. The lowest BCUT2D eigenvalue weighted by atomic mass is 10.2. The van der Waals surface area contributed by atoms with Gasteiger partial charge in [0.05, 0.1) is 0 Å². The van der Waals surface area contributed by atoms with Gasteiger partial charge in [0.25, 0.3) is 0 Å². The van der Waals surface area contributed by atoms with Crippen LogP contribution in [-0.2, 0) is 4.79 Å². The number of hydrogen-bond acceptors (Lipinski definition) is 2. The van der Waals surface area contributed by atoms with Crippen LogP contribution < -0.4 is 0 Å². The molecule has 0 aliphatic rings. The van der Waals surface area contributed by atoms with E-state index in [1.165, 1.54) is 25.7 Å². The van der Waals surface area contributed by atoms with Gasteiger partial charge in [-0.3, -0.25) is 4.79 Å². The highest BCUT2D eigenvalue weighted by Gasteiger charge is 1.92. The molecule has 0 radical (unpaired) electrons. The standard InChI is InChI=1S/C20H32O2.CH4O/c1-2-3-4-5-6-7-8-9-10-11-12-13-14-15-16-17-18-19-20(21)22;1-2/h6-7,10-13,15-16H,2-5,8-9,14,17-19H2,1H3,(H,21,22);2H,1H3/b7-6-,11-10+,13-12-,16-15-;. The molecule has 2 N–H and O–H groups in total. The molecule has 0 heterocycles. The Balaban J connectivity index is 0. The molecule has 0 unspecified atom stereocenters. The Labute approximate surface area is 148 Å². The monoisotopic (exact) mass is 336 g/mol. The first-order valence-electron chi connectivity index (χ1n) is 9.05. The predicted octanol–water partition coefficient (Wildman–Crippen LogP) is 5.83. The van der Waals surface area contributed by atoms with Crippen LogP contribution in [0.3, 0.4) is 0 Å². The molecule has 24 heavy (non-hydrogen) atoms. The van der Waals surface area contributed by atoms with E-state index < -0.39 is 5.97 Å². The van der Waals surface area contributed by atoms with Gasteiger partial charge in [-0.1, -0.05) is 68.4 Å². The number of carboxylic acid groups (broad SMARTS) is 1. The van der Waals surface area contributed by atoms with Crippen LogP contribution in [0.1, 0.15) is 71.1 Å². The Bertz CT molecular complexity index is 365. The largest absolute Gasteiger partial charge is 0.481 e. The molecule has 0 saturated carbocycles. The van der Waals surface area contributed by atoms with Gasteiger partial charge in [0.15, 0.2) is 0 Å². The Morgan fingerprint density at radius 3 is 2.04 bits per heavy atom. The lowest BCUT2D eigenvalue weighted by Gasteiger charge is -1.91. The van der Waals surface area contributed by atoms with Gasteiger partial charge in [-0.15, -0.1) is 0 Å². The highest BCUT2D eigenvalue weighted by atomic mass is 16.4. The summed E-state index contributed by atoms with van der Waals surface area (Å²) in [6.07, 6.45) is 27.3. The van der Waals surface area contributed by atoms with Crippen LogP contribution in [0.4, 0.5) is 0 Å². The van der Waals surface area contributed by atoms with Gasteiger partial charge in [0.2, 0.25) is 0 Å². The normalized spacial score (nSPS) is 11.6. The van der Waals surface area contributed by atoms with E-state index in [1.54, 1.807) is 0 Å². The maximum Gasteiger partial charge on any atom is 0.303 e. The summed E-state index contributed by atoms with van der Waals surface area (Å²) >= 11 is 0. The van der Waals surface area contributed by atoms with Crippen LogP contribution in [0.25, 0.3) is 0 Å². The summed E-state index contributed by atoms with van der Waals surface area (Å²) in [5, 5.41) is 15.5. The molecule has 0 spiro atoms. The lowest BCUT2D eigenvalue weighted by Crippen LogP contribution is -1.92. The molecule has 0 fully saturated rings. The van der Waals surface area contributed by atoms with Gasteiger partial charge >= 0.3 is 5.97 Å². The van der Waals surface area contributed by atoms with Crippen LogP contribution in [0.5, 0.6) is 0 Å². The van der Waals surface area contributed by atoms with Gasteiger partial charge in [-0.05, 0) is 44.9 Å². The molecule has 0 amide bonds. The molecule has 0 bridgehead atoms. The smallest absolute Gasteiger partial charge is 0.303 e. The topological polar surface area (TPSA) is 57.5 Å². The van der Waals surface area contributed by atoms with Gasteiger partial charge < -0.3 is 10.2 Å². The van der Waals surface area contributed by atoms with E-state index in [0.29, 0.717) is 0 Å². The van der Waals surface area contributed by atoms with Crippen molar-refractivity contribution in [1.29, 1.82) is 0 Å². The first-order chi connectivity index (χ1) is 11.8. The molecule has 0 saturated heterocycles. The first kappa shape index (κ1) is 24.6. The predicted molar refractivity (Wildman–Crippen MR) is 104 cm³/mol. The van der Waals surface area contributed by atoms with E-state index in [9.17, 15) is 4.79 Å². The summed E-state index contributed by atoms with van der Waals surface area (Å²) in [5.74, 6) is -0.714. The summed E-state index contributed by atoms with van der Waals surface area (Å²) < 4.78 is 0. The van der Waals surface area contributed by atoms with Crippen LogP contribution in [0.2, 0.25) is 0 Å². The maximum absolute atomic E-state index is 10.3. The van der Waals surface area contributed by atoms with Gasteiger partial charge in [0.1, 0.15) is 0 Å². The van der Waals surface area contributed by atoms with Crippen LogP contribution in [0.15, 0.2) is 48.6 Å². The summed E-state index contributed by atoms with van der Waals surface area (Å²) in [6.45, 7) is 2.23. The molecule has 0 aromatic carbocycles. The lowest BCUT2D eigenvalue weighted by molar-refractivity contribution is -0.137. The Morgan fingerprint density at radius 1 is 0.750 bits per heavy atom. The molecular formula is C21H36O3. The molecule has 0 aliphatic heterocycles. The van der Waals surface area contributed by atoms with E-state index >= 15 is 0 Å². The van der Waals surface area contributed by atoms with E-state index in [4.69, 9.17) is 10.2 Å². The van der Waals surface area contributed by atoms with Crippen molar-refractivity contribution in [2.75, 3.05) is 7.11 Å². The number of aliphatic carboxylic acids is 1. The number of aliphatic hydroxyl groups excluding tert-OH is 1. The molecule has 0 rings (SSSR count). The van der Waals surface area contributed by atoms with Gasteiger partial charge in [0, 0.05) is 13.5 Å². The zero-order valence-electron chi connectivity index (χ0n) is 15.5. The quantitative estimate of drug-likeness (QED) is 0.238. The summed E-state index contributed by atoms with van der Waals surface area (Å²) in [5.41, 5.74) is 0. The molecule has 3 heteroatoms. The number of allylic oxidation sites excluding steroid dienone is 8. The van der Waals surface area contributed by atoms with Crippen LogP contribution in [-0.4, -0.2) is 23.3 Å². The van der Waals surface area contributed by atoms with Crippen molar-refractivity contribution < 1.29 is 15.0 Å². The number of rotatable bonds is 14. The zero-order chi connectivity index (χ0) is 18.3. The van der Waals surface area contributed by atoms with E-state index in [-0.39, 0.29) is 6.42 Å².